The number of hydrogen-bond donors (Lipinski definition) is 1. The van der Waals surface area contributed by atoms with Gasteiger partial charge < -0.3 is 5.32 Å². The van der Waals surface area contributed by atoms with Gasteiger partial charge in [0.1, 0.15) is 5.69 Å². The summed E-state index contributed by atoms with van der Waals surface area (Å²) in [6.07, 6.45) is 0.711. The van der Waals surface area contributed by atoms with Crippen LogP contribution in [0.1, 0.15) is 32.4 Å². The second kappa shape index (κ2) is 8.05. The van der Waals surface area contributed by atoms with Crippen molar-refractivity contribution < 1.29 is 4.79 Å². The highest BCUT2D eigenvalue weighted by Crippen LogP contribution is 2.14. The summed E-state index contributed by atoms with van der Waals surface area (Å²) in [4.78, 5) is 32.5. The van der Waals surface area contributed by atoms with Gasteiger partial charge >= 0.3 is 5.69 Å². The predicted molar refractivity (Wildman–Crippen MR) is 102 cm³/mol. The Bertz CT molecular complexity index is 963. The second-order valence-corrected chi connectivity index (χ2v) is 6.96. The number of nitrogens with zero attached hydrogens (tertiary/aromatic N) is 3. The molecule has 0 aliphatic rings. The van der Waals surface area contributed by atoms with Gasteiger partial charge in [0.2, 0.25) is 0 Å². The number of amides is 1. The van der Waals surface area contributed by atoms with Crippen molar-refractivity contribution in [1.82, 2.24) is 19.9 Å². The number of aromatic nitrogens is 3. The van der Waals surface area contributed by atoms with E-state index in [1.54, 1.807) is 16.9 Å². The lowest BCUT2D eigenvalue weighted by atomic mass is 10.2. The van der Waals surface area contributed by atoms with Gasteiger partial charge in [-0.05, 0) is 25.5 Å². The van der Waals surface area contributed by atoms with Crippen molar-refractivity contribution in [2.24, 2.45) is 0 Å². The summed E-state index contributed by atoms with van der Waals surface area (Å²) in [6, 6.07) is 11.9. The monoisotopic (exact) mass is 368 g/mol. The third kappa shape index (κ3) is 4.43. The average molecular weight is 368 g/mol. The van der Waals surface area contributed by atoms with Crippen LogP contribution >= 0.6 is 11.3 Å². The largest absolute Gasteiger partial charge is 0.349 e. The van der Waals surface area contributed by atoms with Gasteiger partial charge in [0.25, 0.3) is 5.91 Å². The molecule has 0 saturated carbocycles. The number of carbonyl (C=O) groups excluding carboxylic acids is 1. The molecule has 0 atom stereocenters. The second-order valence-electron chi connectivity index (χ2n) is 6.02. The molecule has 3 aromatic rings. The third-order valence-electron chi connectivity index (χ3n) is 3.95. The van der Waals surface area contributed by atoms with Gasteiger partial charge in [-0.1, -0.05) is 30.3 Å². The van der Waals surface area contributed by atoms with Crippen molar-refractivity contribution in [3.63, 3.8) is 0 Å². The Morgan fingerprint density at radius 1 is 1.19 bits per heavy atom. The predicted octanol–water partition coefficient (Wildman–Crippen LogP) is 2.34. The molecule has 26 heavy (non-hydrogen) atoms. The number of nitrogens with one attached hydrogen (secondary N) is 1. The molecule has 0 radical (unpaired) electrons. The molecular weight excluding hydrogens is 348 g/mol. The van der Waals surface area contributed by atoms with E-state index in [0.29, 0.717) is 30.9 Å². The number of hydrogen-bond acceptors (Lipinski definition) is 5. The zero-order chi connectivity index (χ0) is 18.5. The lowest BCUT2D eigenvalue weighted by molar-refractivity contribution is 0.0947. The van der Waals surface area contributed by atoms with Gasteiger partial charge in [-0.25, -0.2) is 9.78 Å². The van der Waals surface area contributed by atoms with Crippen LogP contribution in [0.25, 0.3) is 0 Å². The van der Waals surface area contributed by atoms with Crippen LogP contribution in [0, 0.1) is 13.8 Å². The van der Waals surface area contributed by atoms with E-state index in [0.717, 1.165) is 16.3 Å². The van der Waals surface area contributed by atoms with E-state index in [4.69, 9.17) is 0 Å². The van der Waals surface area contributed by atoms with E-state index < -0.39 is 0 Å². The Balaban J connectivity index is 1.57. The molecule has 0 aliphatic heterocycles. The molecule has 0 unspecified atom stereocenters. The van der Waals surface area contributed by atoms with Crippen LogP contribution < -0.4 is 11.0 Å². The molecule has 0 aliphatic carbocycles. The van der Waals surface area contributed by atoms with Crippen LogP contribution in [0.4, 0.5) is 0 Å². The van der Waals surface area contributed by atoms with Gasteiger partial charge in [0.15, 0.2) is 0 Å². The van der Waals surface area contributed by atoms with Gasteiger partial charge in [-0.3, -0.25) is 9.36 Å². The molecule has 1 aromatic carbocycles. The first-order valence-electron chi connectivity index (χ1n) is 8.34. The molecule has 0 saturated heterocycles. The minimum atomic E-state index is -0.296. The summed E-state index contributed by atoms with van der Waals surface area (Å²) in [5.74, 6) is -0.230. The van der Waals surface area contributed by atoms with Crippen molar-refractivity contribution in [3.8, 4) is 0 Å². The molecule has 7 heteroatoms. The standard InChI is InChI=1S/C19H20N4O2S/c1-13-10-14(2)23(19(25)21-13)9-8-20-18(24)16-12-26-17(22-16)11-15-6-4-3-5-7-15/h3-7,10,12H,8-9,11H2,1-2H3,(H,20,24). The SMILES string of the molecule is Cc1cc(C)n(CCNC(=O)c2csc(Cc3ccccc3)n2)c(=O)n1. The highest BCUT2D eigenvalue weighted by atomic mass is 32.1. The molecule has 1 N–H and O–H groups in total. The highest BCUT2D eigenvalue weighted by molar-refractivity contribution is 7.09. The summed E-state index contributed by atoms with van der Waals surface area (Å²) in [5, 5.41) is 5.47. The molecule has 0 fully saturated rings. The average Bonchev–Trinajstić information content (AvgIpc) is 3.06. The number of thiazole rings is 1. The van der Waals surface area contributed by atoms with Crippen LogP contribution in [0.15, 0.2) is 46.6 Å². The van der Waals surface area contributed by atoms with E-state index in [1.807, 2.05) is 43.3 Å². The number of aryl methyl sites for hydroxylation is 2. The Morgan fingerprint density at radius 2 is 1.96 bits per heavy atom. The number of benzene rings is 1. The Kier molecular flexibility index (Phi) is 5.58. The minimum Gasteiger partial charge on any atom is -0.349 e. The van der Waals surface area contributed by atoms with Gasteiger partial charge in [-0.15, -0.1) is 11.3 Å². The summed E-state index contributed by atoms with van der Waals surface area (Å²) >= 11 is 1.47. The molecule has 0 bridgehead atoms. The Hall–Kier alpha value is -2.80. The van der Waals surface area contributed by atoms with Crippen molar-refractivity contribution >= 4 is 17.2 Å². The molecule has 2 heterocycles. The fourth-order valence-electron chi connectivity index (χ4n) is 2.69. The maximum atomic E-state index is 12.3. The van der Waals surface area contributed by atoms with Gasteiger partial charge in [0, 0.05) is 36.3 Å². The van der Waals surface area contributed by atoms with Crippen LogP contribution in [-0.2, 0) is 13.0 Å². The van der Waals surface area contributed by atoms with Crippen molar-refractivity contribution in [1.29, 1.82) is 0 Å². The first kappa shape index (κ1) is 18.0. The van der Waals surface area contributed by atoms with Crippen molar-refractivity contribution in [2.75, 3.05) is 6.54 Å². The van der Waals surface area contributed by atoms with Crippen LogP contribution in [0.5, 0.6) is 0 Å². The highest BCUT2D eigenvalue weighted by Gasteiger charge is 2.11. The molecule has 134 valence electrons. The molecule has 0 spiro atoms. The lowest BCUT2D eigenvalue weighted by Gasteiger charge is -2.10. The fourth-order valence-corrected chi connectivity index (χ4v) is 3.49. The van der Waals surface area contributed by atoms with Crippen molar-refractivity contribution in [2.45, 2.75) is 26.8 Å². The molecule has 3 rings (SSSR count). The van der Waals surface area contributed by atoms with E-state index in [1.165, 1.54) is 11.3 Å². The third-order valence-corrected chi connectivity index (χ3v) is 4.80. The number of rotatable bonds is 6. The summed E-state index contributed by atoms with van der Waals surface area (Å²) < 4.78 is 1.55. The quantitative estimate of drug-likeness (QED) is 0.724. The van der Waals surface area contributed by atoms with Gasteiger partial charge in [-0.2, -0.15) is 4.98 Å². The Labute approximate surface area is 155 Å². The van der Waals surface area contributed by atoms with E-state index in [9.17, 15) is 9.59 Å². The normalized spacial score (nSPS) is 10.7. The number of carbonyl (C=O) groups is 1. The zero-order valence-corrected chi connectivity index (χ0v) is 15.5. The van der Waals surface area contributed by atoms with Gasteiger partial charge in [0.05, 0.1) is 5.01 Å². The molecule has 2 aromatic heterocycles. The van der Waals surface area contributed by atoms with E-state index in [-0.39, 0.29) is 11.6 Å². The lowest BCUT2D eigenvalue weighted by Crippen LogP contribution is -2.33. The Morgan fingerprint density at radius 3 is 2.69 bits per heavy atom. The topological polar surface area (TPSA) is 76.9 Å². The molecular formula is C19H20N4O2S. The minimum absolute atomic E-state index is 0.230. The van der Waals surface area contributed by atoms with Crippen LogP contribution in [0.3, 0.4) is 0 Å². The first-order chi connectivity index (χ1) is 12.5. The fraction of sp³-hybridized carbons (Fsp3) is 0.263. The summed E-state index contributed by atoms with van der Waals surface area (Å²) in [5.41, 5.74) is 2.80. The smallest absolute Gasteiger partial charge is 0.348 e. The van der Waals surface area contributed by atoms with Crippen LogP contribution in [0.2, 0.25) is 0 Å². The molecule has 1 amide bonds. The summed E-state index contributed by atoms with van der Waals surface area (Å²) in [6.45, 7) is 4.37. The first-order valence-corrected chi connectivity index (χ1v) is 9.22. The molecule has 6 nitrogen and oxygen atoms in total. The van der Waals surface area contributed by atoms with E-state index >= 15 is 0 Å². The maximum absolute atomic E-state index is 12.3. The van der Waals surface area contributed by atoms with Crippen molar-refractivity contribution in [3.05, 3.63) is 79.9 Å². The summed E-state index contributed by atoms with van der Waals surface area (Å²) in [7, 11) is 0. The van der Waals surface area contributed by atoms with E-state index in [2.05, 4.69) is 15.3 Å². The zero-order valence-electron chi connectivity index (χ0n) is 14.7. The maximum Gasteiger partial charge on any atom is 0.348 e. The van der Waals surface area contributed by atoms with Crippen LogP contribution in [-0.4, -0.2) is 27.0 Å².